The van der Waals surface area contributed by atoms with E-state index in [1.165, 1.54) is 0 Å². The second-order valence-corrected chi connectivity index (χ2v) is 2.24. The molecule has 0 aliphatic carbocycles. The number of hydrogen-bond acceptors (Lipinski definition) is 3. The first kappa shape index (κ1) is 7.98. The van der Waals surface area contributed by atoms with E-state index >= 15 is 0 Å². The lowest BCUT2D eigenvalue weighted by Crippen LogP contribution is -2.22. The van der Waals surface area contributed by atoms with Crippen LogP contribution in [0.4, 0.5) is 5.82 Å². The van der Waals surface area contributed by atoms with Crippen LogP contribution in [0.5, 0.6) is 0 Å². The summed E-state index contributed by atoms with van der Waals surface area (Å²) in [5.74, 6) is 0.956. The Morgan fingerprint density at radius 2 is 2.00 bits per heavy atom. The lowest BCUT2D eigenvalue weighted by atomic mass is 10.5. The molecule has 0 N–H and O–H groups in total. The van der Waals surface area contributed by atoms with Gasteiger partial charge in [0, 0.05) is 25.5 Å². The molecule has 3 nitrogen and oxygen atoms in total. The van der Waals surface area contributed by atoms with Crippen LogP contribution in [0.3, 0.4) is 0 Å². The van der Waals surface area contributed by atoms with E-state index < -0.39 is 0 Å². The van der Waals surface area contributed by atoms with Crippen molar-refractivity contribution in [2.75, 3.05) is 18.0 Å². The molecule has 0 bridgehead atoms. The SMILES string of the molecule is CCN(CC)c1cnccn1. The average Bonchev–Trinajstić information content (AvgIpc) is 2.09. The Hall–Kier alpha value is -1.12. The highest BCUT2D eigenvalue weighted by molar-refractivity contribution is 5.33. The van der Waals surface area contributed by atoms with Gasteiger partial charge < -0.3 is 4.90 Å². The maximum absolute atomic E-state index is 4.18. The lowest BCUT2D eigenvalue weighted by molar-refractivity contribution is 0.840. The molecule has 60 valence electrons. The predicted octanol–water partition coefficient (Wildman–Crippen LogP) is 1.32. The normalized spacial score (nSPS) is 9.64. The molecule has 0 aromatic carbocycles. The Labute approximate surface area is 67.1 Å². The van der Waals surface area contributed by atoms with E-state index in [-0.39, 0.29) is 0 Å². The zero-order valence-corrected chi connectivity index (χ0v) is 6.99. The molecule has 0 aliphatic heterocycles. The molecule has 1 heterocycles. The molecule has 11 heavy (non-hydrogen) atoms. The Kier molecular flexibility index (Phi) is 2.83. The molecule has 3 heteroatoms. The lowest BCUT2D eigenvalue weighted by Gasteiger charge is -2.18. The summed E-state index contributed by atoms with van der Waals surface area (Å²) in [6.45, 7) is 6.18. The quantitative estimate of drug-likeness (QED) is 0.652. The van der Waals surface area contributed by atoms with Crippen LogP contribution in [0.1, 0.15) is 13.8 Å². The van der Waals surface area contributed by atoms with Gasteiger partial charge in [-0.25, -0.2) is 4.98 Å². The Balaban J connectivity index is 2.74. The molecule has 0 amide bonds. The van der Waals surface area contributed by atoms with Crippen LogP contribution in [0.25, 0.3) is 0 Å². The van der Waals surface area contributed by atoms with E-state index in [0.717, 1.165) is 18.9 Å². The molecular formula is C8H13N3. The van der Waals surface area contributed by atoms with Crippen LogP contribution in [0.15, 0.2) is 18.6 Å². The molecule has 0 saturated carbocycles. The summed E-state index contributed by atoms with van der Waals surface area (Å²) in [5, 5.41) is 0. The highest BCUT2D eigenvalue weighted by Gasteiger charge is 2.00. The molecule has 0 fully saturated rings. The van der Waals surface area contributed by atoms with Crippen molar-refractivity contribution in [3.05, 3.63) is 18.6 Å². The first-order valence-corrected chi connectivity index (χ1v) is 3.89. The molecule has 0 atom stereocenters. The fourth-order valence-corrected chi connectivity index (χ4v) is 1.00. The second kappa shape index (κ2) is 3.91. The Morgan fingerprint density at radius 1 is 1.27 bits per heavy atom. The van der Waals surface area contributed by atoms with Gasteiger partial charge >= 0.3 is 0 Å². The van der Waals surface area contributed by atoms with Crippen LogP contribution >= 0.6 is 0 Å². The van der Waals surface area contributed by atoms with Crippen molar-refractivity contribution < 1.29 is 0 Å². The number of aromatic nitrogens is 2. The van der Waals surface area contributed by atoms with Crippen LogP contribution < -0.4 is 4.90 Å². The Bertz CT molecular complexity index is 194. The topological polar surface area (TPSA) is 29.0 Å². The van der Waals surface area contributed by atoms with Crippen molar-refractivity contribution in [1.82, 2.24) is 9.97 Å². The third-order valence-electron chi connectivity index (χ3n) is 1.64. The zero-order chi connectivity index (χ0) is 8.10. The number of rotatable bonds is 3. The van der Waals surface area contributed by atoms with Crippen molar-refractivity contribution in [2.45, 2.75) is 13.8 Å². The van der Waals surface area contributed by atoms with E-state index in [9.17, 15) is 0 Å². The zero-order valence-electron chi connectivity index (χ0n) is 6.99. The first-order valence-electron chi connectivity index (χ1n) is 3.89. The van der Waals surface area contributed by atoms with Gasteiger partial charge in [-0.15, -0.1) is 0 Å². The summed E-state index contributed by atoms with van der Waals surface area (Å²) in [5.41, 5.74) is 0. The molecular weight excluding hydrogens is 138 g/mol. The van der Waals surface area contributed by atoms with Crippen molar-refractivity contribution in [1.29, 1.82) is 0 Å². The maximum atomic E-state index is 4.18. The van der Waals surface area contributed by atoms with Gasteiger partial charge in [0.1, 0.15) is 5.82 Å². The van der Waals surface area contributed by atoms with Crippen molar-refractivity contribution in [3.8, 4) is 0 Å². The average molecular weight is 151 g/mol. The summed E-state index contributed by atoms with van der Waals surface area (Å²) in [6.07, 6.45) is 5.19. The second-order valence-electron chi connectivity index (χ2n) is 2.24. The highest BCUT2D eigenvalue weighted by Crippen LogP contribution is 2.05. The third kappa shape index (κ3) is 1.90. The predicted molar refractivity (Wildman–Crippen MR) is 45.6 cm³/mol. The highest BCUT2D eigenvalue weighted by atomic mass is 15.2. The first-order chi connectivity index (χ1) is 5.38. The summed E-state index contributed by atoms with van der Waals surface area (Å²) in [6, 6.07) is 0. The summed E-state index contributed by atoms with van der Waals surface area (Å²) in [4.78, 5) is 10.3. The molecule has 0 aliphatic rings. The van der Waals surface area contributed by atoms with Gasteiger partial charge in [-0.05, 0) is 13.8 Å². The van der Waals surface area contributed by atoms with Crippen LogP contribution in [0, 0.1) is 0 Å². The smallest absolute Gasteiger partial charge is 0.147 e. The minimum Gasteiger partial charge on any atom is -0.356 e. The fraction of sp³-hybridized carbons (Fsp3) is 0.500. The van der Waals surface area contributed by atoms with Crippen LogP contribution in [-0.4, -0.2) is 23.1 Å². The van der Waals surface area contributed by atoms with Crippen LogP contribution in [0.2, 0.25) is 0 Å². The molecule has 1 rings (SSSR count). The minimum absolute atomic E-state index is 0.956. The fourth-order valence-electron chi connectivity index (χ4n) is 1.00. The van der Waals surface area contributed by atoms with Crippen molar-refractivity contribution in [2.24, 2.45) is 0 Å². The van der Waals surface area contributed by atoms with Gasteiger partial charge in [-0.3, -0.25) is 4.98 Å². The Morgan fingerprint density at radius 3 is 2.45 bits per heavy atom. The van der Waals surface area contributed by atoms with Gasteiger partial charge in [0.2, 0.25) is 0 Å². The number of anilines is 1. The molecule has 0 saturated heterocycles. The van der Waals surface area contributed by atoms with Gasteiger partial charge in [-0.1, -0.05) is 0 Å². The minimum atomic E-state index is 0.956. The van der Waals surface area contributed by atoms with Crippen molar-refractivity contribution >= 4 is 5.82 Å². The number of nitrogens with zero attached hydrogens (tertiary/aromatic N) is 3. The maximum Gasteiger partial charge on any atom is 0.147 e. The van der Waals surface area contributed by atoms with E-state index in [1.807, 2.05) is 0 Å². The van der Waals surface area contributed by atoms with E-state index in [1.54, 1.807) is 18.6 Å². The largest absolute Gasteiger partial charge is 0.356 e. The van der Waals surface area contributed by atoms with E-state index in [0.29, 0.717) is 0 Å². The van der Waals surface area contributed by atoms with Gasteiger partial charge in [0.25, 0.3) is 0 Å². The third-order valence-corrected chi connectivity index (χ3v) is 1.64. The molecule has 0 radical (unpaired) electrons. The van der Waals surface area contributed by atoms with Gasteiger partial charge in [0.15, 0.2) is 0 Å². The summed E-state index contributed by atoms with van der Waals surface area (Å²) < 4.78 is 0. The monoisotopic (exact) mass is 151 g/mol. The van der Waals surface area contributed by atoms with E-state index in [2.05, 4.69) is 28.7 Å². The molecule has 0 spiro atoms. The van der Waals surface area contributed by atoms with E-state index in [4.69, 9.17) is 0 Å². The standard InChI is InChI=1S/C8H13N3/c1-3-11(4-2)8-7-9-5-6-10-8/h5-7H,3-4H2,1-2H3. The van der Waals surface area contributed by atoms with Crippen LogP contribution in [-0.2, 0) is 0 Å². The molecule has 1 aromatic heterocycles. The van der Waals surface area contributed by atoms with Gasteiger partial charge in [0.05, 0.1) is 6.20 Å². The number of hydrogen-bond donors (Lipinski definition) is 0. The summed E-state index contributed by atoms with van der Waals surface area (Å²) >= 11 is 0. The molecule has 0 unspecified atom stereocenters. The summed E-state index contributed by atoms with van der Waals surface area (Å²) in [7, 11) is 0. The van der Waals surface area contributed by atoms with Crippen molar-refractivity contribution in [3.63, 3.8) is 0 Å². The van der Waals surface area contributed by atoms with Gasteiger partial charge in [-0.2, -0.15) is 0 Å². The molecule has 1 aromatic rings.